The van der Waals surface area contributed by atoms with Crippen molar-refractivity contribution in [3.05, 3.63) is 34.6 Å². The molecule has 118 valence electrons. The lowest BCUT2D eigenvalue weighted by Crippen LogP contribution is -2.37. The molecule has 1 N–H and O–H groups in total. The second-order valence-corrected chi connectivity index (χ2v) is 4.60. The second-order valence-electron chi connectivity index (χ2n) is 4.60. The normalized spacial score (nSPS) is 12.8. The van der Waals surface area contributed by atoms with Crippen LogP contribution < -0.4 is 0 Å². The van der Waals surface area contributed by atoms with Gasteiger partial charge in [0, 0.05) is 18.2 Å². The van der Waals surface area contributed by atoms with Crippen molar-refractivity contribution in [3.63, 3.8) is 0 Å². The third-order valence-electron chi connectivity index (χ3n) is 3.21. The highest BCUT2D eigenvalue weighted by Gasteiger charge is 2.28. The minimum Gasteiger partial charge on any atom is -0.480 e. The molecule has 0 amide bonds. The molecular formula is C13H14F5NO2. The van der Waals surface area contributed by atoms with Crippen molar-refractivity contribution >= 4 is 5.97 Å². The van der Waals surface area contributed by atoms with Crippen LogP contribution >= 0.6 is 0 Å². The zero-order chi connectivity index (χ0) is 16.3. The van der Waals surface area contributed by atoms with Crippen molar-refractivity contribution < 1.29 is 31.9 Å². The Bertz CT molecular complexity index is 521. The topological polar surface area (TPSA) is 40.5 Å². The van der Waals surface area contributed by atoms with E-state index in [1.165, 1.54) is 0 Å². The third kappa shape index (κ3) is 3.69. The second kappa shape index (κ2) is 6.84. The largest absolute Gasteiger partial charge is 0.480 e. The van der Waals surface area contributed by atoms with Gasteiger partial charge >= 0.3 is 5.97 Å². The Balaban J connectivity index is 3.23. The number of halogens is 5. The van der Waals surface area contributed by atoms with Crippen LogP contribution in [0.25, 0.3) is 0 Å². The van der Waals surface area contributed by atoms with E-state index in [0.717, 1.165) is 4.90 Å². The van der Waals surface area contributed by atoms with Crippen LogP contribution in [0.5, 0.6) is 0 Å². The fraction of sp³-hybridized carbons (Fsp3) is 0.462. The average Bonchev–Trinajstić information content (AvgIpc) is 2.45. The van der Waals surface area contributed by atoms with Gasteiger partial charge in [-0.25, -0.2) is 22.0 Å². The molecule has 0 saturated carbocycles. The van der Waals surface area contributed by atoms with Crippen LogP contribution in [0.15, 0.2) is 0 Å². The summed E-state index contributed by atoms with van der Waals surface area (Å²) in [6.07, 6.45) is 0.447. The first kappa shape index (κ1) is 17.4. The molecule has 0 spiro atoms. The number of carbonyl (C=O) groups is 1. The molecule has 21 heavy (non-hydrogen) atoms. The molecule has 0 heterocycles. The van der Waals surface area contributed by atoms with Crippen LogP contribution in [-0.4, -0.2) is 28.6 Å². The SMILES string of the molecule is CCC(C)N(CC(=O)O)Cc1c(F)c(F)c(F)c(F)c1F. The number of hydrogen-bond donors (Lipinski definition) is 1. The predicted molar refractivity (Wildman–Crippen MR) is 64.0 cm³/mol. The van der Waals surface area contributed by atoms with E-state index in [4.69, 9.17) is 5.11 Å². The van der Waals surface area contributed by atoms with E-state index in [-0.39, 0.29) is 0 Å². The van der Waals surface area contributed by atoms with Gasteiger partial charge in [0.05, 0.1) is 6.54 Å². The Morgan fingerprint density at radius 1 is 1.05 bits per heavy atom. The maximum absolute atomic E-state index is 13.6. The summed E-state index contributed by atoms with van der Waals surface area (Å²) in [4.78, 5) is 11.9. The molecule has 1 unspecified atom stereocenters. The highest BCUT2D eigenvalue weighted by Crippen LogP contribution is 2.25. The van der Waals surface area contributed by atoms with E-state index in [9.17, 15) is 26.7 Å². The summed E-state index contributed by atoms with van der Waals surface area (Å²) in [5.41, 5.74) is -1.03. The quantitative estimate of drug-likeness (QED) is 0.499. The Hall–Kier alpha value is -1.70. The summed E-state index contributed by atoms with van der Waals surface area (Å²) in [5, 5.41) is 8.76. The molecule has 0 aliphatic carbocycles. The number of carboxylic acid groups (broad SMARTS) is 1. The van der Waals surface area contributed by atoms with Crippen molar-refractivity contribution in [2.75, 3.05) is 6.54 Å². The zero-order valence-electron chi connectivity index (χ0n) is 11.4. The Morgan fingerprint density at radius 2 is 1.48 bits per heavy atom. The molecule has 0 aliphatic heterocycles. The molecule has 1 atom stereocenters. The summed E-state index contributed by atoms with van der Waals surface area (Å²) >= 11 is 0. The van der Waals surface area contributed by atoms with Crippen LogP contribution in [-0.2, 0) is 11.3 Å². The molecule has 1 rings (SSSR count). The molecule has 1 aromatic rings. The molecule has 3 nitrogen and oxygen atoms in total. The first-order chi connectivity index (χ1) is 9.70. The van der Waals surface area contributed by atoms with Crippen molar-refractivity contribution in [1.29, 1.82) is 0 Å². The molecule has 8 heteroatoms. The van der Waals surface area contributed by atoms with Gasteiger partial charge in [-0.05, 0) is 13.3 Å². The minimum atomic E-state index is -2.23. The van der Waals surface area contributed by atoms with E-state index in [2.05, 4.69) is 0 Å². The minimum absolute atomic E-state index is 0.406. The van der Waals surface area contributed by atoms with E-state index < -0.39 is 59.8 Å². The van der Waals surface area contributed by atoms with Gasteiger partial charge in [-0.2, -0.15) is 0 Å². The van der Waals surface area contributed by atoms with Crippen LogP contribution in [0.1, 0.15) is 25.8 Å². The maximum Gasteiger partial charge on any atom is 0.317 e. The van der Waals surface area contributed by atoms with Crippen molar-refractivity contribution in [2.24, 2.45) is 0 Å². The monoisotopic (exact) mass is 311 g/mol. The summed E-state index contributed by atoms with van der Waals surface area (Å²) in [5.74, 6) is -11.5. The van der Waals surface area contributed by atoms with Crippen molar-refractivity contribution in [3.8, 4) is 0 Å². The van der Waals surface area contributed by atoms with Gasteiger partial charge in [0.1, 0.15) is 0 Å². The molecule has 0 bridgehead atoms. The standard InChI is InChI=1S/C13H14F5NO2/c1-3-6(2)19(5-8(20)21)4-7-9(14)11(16)13(18)12(17)10(7)15/h6H,3-5H2,1-2H3,(H,20,21). The summed E-state index contributed by atoms with van der Waals surface area (Å²) in [6, 6.07) is -0.406. The molecule has 0 radical (unpaired) electrons. The summed E-state index contributed by atoms with van der Waals surface area (Å²) < 4.78 is 66.3. The van der Waals surface area contributed by atoms with Crippen molar-refractivity contribution in [1.82, 2.24) is 4.90 Å². The Morgan fingerprint density at radius 3 is 1.86 bits per heavy atom. The number of aliphatic carboxylic acids is 1. The van der Waals surface area contributed by atoms with E-state index in [1.807, 2.05) is 0 Å². The molecule has 0 fully saturated rings. The zero-order valence-corrected chi connectivity index (χ0v) is 11.4. The fourth-order valence-electron chi connectivity index (χ4n) is 1.79. The van der Waals surface area contributed by atoms with Gasteiger partial charge < -0.3 is 5.11 Å². The maximum atomic E-state index is 13.6. The summed E-state index contributed by atoms with van der Waals surface area (Å²) in [7, 11) is 0. The van der Waals surface area contributed by atoms with Crippen molar-refractivity contribution in [2.45, 2.75) is 32.9 Å². The van der Waals surface area contributed by atoms with Crippen LogP contribution in [0.3, 0.4) is 0 Å². The van der Waals surface area contributed by atoms with E-state index in [1.54, 1.807) is 13.8 Å². The number of nitrogens with zero attached hydrogens (tertiary/aromatic N) is 1. The van der Waals surface area contributed by atoms with Crippen LogP contribution in [0, 0.1) is 29.1 Å². The summed E-state index contributed by atoms with van der Waals surface area (Å²) in [6.45, 7) is 2.04. The predicted octanol–water partition coefficient (Wildman–Crippen LogP) is 3.07. The highest BCUT2D eigenvalue weighted by atomic mass is 19.2. The van der Waals surface area contributed by atoms with Gasteiger partial charge in [-0.3, -0.25) is 9.69 Å². The smallest absolute Gasteiger partial charge is 0.317 e. The molecular weight excluding hydrogens is 297 g/mol. The van der Waals surface area contributed by atoms with Crippen LogP contribution in [0.2, 0.25) is 0 Å². The Kier molecular flexibility index (Phi) is 5.65. The van der Waals surface area contributed by atoms with Crippen LogP contribution in [0.4, 0.5) is 22.0 Å². The molecule has 0 saturated heterocycles. The van der Waals surface area contributed by atoms with Gasteiger partial charge in [0.2, 0.25) is 5.82 Å². The third-order valence-corrected chi connectivity index (χ3v) is 3.21. The number of carboxylic acids is 1. The highest BCUT2D eigenvalue weighted by molar-refractivity contribution is 5.69. The van der Waals surface area contributed by atoms with Gasteiger partial charge in [-0.1, -0.05) is 6.92 Å². The lowest BCUT2D eigenvalue weighted by molar-refractivity contribution is -0.139. The first-order valence-corrected chi connectivity index (χ1v) is 6.16. The number of benzene rings is 1. The van der Waals surface area contributed by atoms with Gasteiger partial charge in [-0.15, -0.1) is 0 Å². The van der Waals surface area contributed by atoms with E-state index >= 15 is 0 Å². The average molecular weight is 311 g/mol. The van der Waals surface area contributed by atoms with Gasteiger partial charge in [0.25, 0.3) is 0 Å². The first-order valence-electron chi connectivity index (χ1n) is 6.16. The molecule has 0 aliphatic rings. The lowest BCUT2D eigenvalue weighted by Gasteiger charge is -2.27. The molecule has 1 aromatic carbocycles. The van der Waals surface area contributed by atoms with E-state index in [0.29, 0.717) is 6.42 Å². The van der Waals surface area contributed by atoms with Gasteiger partial charge in [0.15, 0.2) is 23.3 Å². The molecule has 0 aromatic heterocycles. The fourth-order valence-corrected chi connectivity index (χ4v) is 1.79. The number of rotatable bonds is 6. The number of hydrogen-bond acceptors (Lipinski definition) is 2. The lowest BCUT2D eigenvalue weighted by atomic mass is 10.1. The Labute approximate surface area is 118 Å².